The Kier molecular flexibility index (Phi) is 8.29. The molecule has 14 heteroatoms. The van der Waals surface area contributed by atoms with Crippen LogP contribution in [0, 0.1) is 5.92 Å². The number of ether oxygens (including phenoxy) is 1. The number of nitrogens with zero attached hydrogens (tertiary/aromatic N) is 3. The summed E-state index contributed by atoms with van der Waals surface area (Å²) < 4.78 is 127. The number of pyridine rings is 1. The zero-order chi connectivity index (χ0) is 30.5. The van der Waals surface area contributed by atoms with Gasteiger partial charge in [0.15, 0.2) is 0 Å². The number of aromatic nitrogens is 1. The molecule has 0 radical (unpaired) electrons. The van der Waals surface area contributed by atoms with Gasteiger partial charge in [-0.2, -0.15) is 39.5 Å². The summed E-state index contributed by atoms with van der Waals surface area (Å²) >= 11 is 0. The number of fused-ring (bicyclic) bond motifs is 1. The molecule has 2 aromatic rings. The van der Waals surface area contributed by atoms with Crippen LogP contribution >= 0.6 is 0 Å². The van der Waals surface area contributed by atoms with Gasteiger partial charge in [0.1, 0.15) is 5.69 Å². The maximum Gasteiger partial charge on any atom is 0.433 e. The SMILES string of the molecule is CCN(Cc1cc(C(F)(F)F)cc(C(F)(F)F)c1)C1CC(C2CC2)N(C(=O)OC(C)C)c2ccc(C(F)(F)F)nc21. The van der Waals surface area contributed by atoms with Crippen LogP contribution in [-0.4, -0.2) is 34.7 Å². The molecule has 1 saturated carbocycles. The van der Waals surface area contributed by atoms with Crippen molar-refractivity contribution in [2.75, 3.05) is 11.4 Å². The van der Waals surface area contributed by atoms with Gasteiger partial charge in [0.05, 0.1) is 34.7 Å². The third-order valence-electron chi connectivity index (χ3n) is 7.14. The van der Waals surface area contributed by atoms with Crippen LogP contribution in [0.15, 0.2) is 30.3 Å². The van der Waals surface area contributed by atoms with Crippen LogP contribution in [0.1, 0.15) is 74.2 Å². The highest BCUT2D eigenvalue weighted by Crippen LogP contribution is 2.49. The van der Waals surface area contributed by atoms with Crippen molar-refractivity contribution in [2.45, 2.75) is 83.3 Å². The van der Waals surface area contributed by atoms with Crippen LogP contribution in [0.25, 0.3) is 0 Å². The molecule has 4 rings (SSSR count). The third-order valence-corrected chi connectivity index (χ3v) is 7.14. The lowest BCUT2D eigenvalue weighted by atomic mass is 9.90. The minimum atomic E-state index is -5.05. The Balaban J connectivity index is 1.81. The van der Waals surface area contributed by atoms with E-state index in [1.54, 1.807) is 20.8 Å². The molecule has 1 aliphatic carbocycles. The van der Waals surface area contributed by atoms with E-state index in [9.17, 15) is 44.3 Å². The molecule has 1 amide bonds. The number of hydrogen-bond donors (Lipinski definition) is 0. The van der Waals surface area contributed by atoms with E-state index in [0.717, 1.165) is 25.0 Å². The smallest absolute Gasteiger partial charge is 0.433 e. The summed E-state index contributed by atoms with van der Waals surface area (Å²) in [6.07, 6.45) is -14.7. The largest absolute Gasteiger partial charge is 0.446 e. The van der Waals surface area contributed by atoms with E-state index >= 15 is 0 Å². The zero-order valence-electron chi connectivity index (χ0n) is 22.3. The lowest BCUT2D eigenvalue weighted by molar-refractivity contribution is -0.143. The molecule has 2 heterocycles. The number of anilines is 1. The van der Waals surface area contributed by atoms with E-state index in [0.29, 0.717) is 12.1 Å². The summed E-state index contributed by atoms with van der Waals surface area (Å²) in [6.45, 7) is 4.46. The highest BCUT2D eigenvalue weighted by atomic mass is 19.4. The van der Waals surface area contributed by atoms with Gasteiger partial charge in [-0.15, -0.1) is 0 Å². The molecule has 2 atom stereocenters. The second-order valence-electron chi connectivity index (χ2n) is 10.5. The van der Waals surface area contributed by atoms with Crippen LogP contribution in [0.2, 0.25) is 0 Å². The Hall–Kier alpha value is -3.03. The van der Waals surface area contributed by atoms with Crippen molar-refractivity contribution in [1.29, 1.82) is 0 Å². The summed E-state index contributed by atoms with van der Waals surface area (Å²) in [7, 11) is 0. The highest BCUT2D eigenvalue weighted by Gasteiger charge is 2.48. The standard InChI is InChI=1S/C27H28F9N3O2/c1-4-38(13-15-9-17(25(28,29)30)11-18(10-15)26(31,32)33)21-12-20(16-5-6-16)39(24(40)41-14(2)3)19-7-8-22(27(34,35)36)37-23(19)21/h7-11,14,16,20-21H,4-6,12-13H2,1-3H3. The van der Waals surface area contributed by atoms with Gasteiger partial charge >= 0.3 is 24.6 Å². The van der Waals surface area contributed by atoms with Crippen LogP contribution in [-0.2, 0) is 29.8 Å². The minimum Gasteiger partial charge on any atom is -0.446 e. The predicted molar refractivity (Wildman–Crippen MR) is 130 cm³/mol. The topological polar surface area (TPSA) is 45.7 Å². The molecule has 0 bridgehead atoms. The first-order valence-electron chi connectivity index (χ1n) is 13.0. The first-order chi connectivity index (χ1) is 18.9. The summed E-state index contributed by atoms with van der Waals surface area (Å²) in [5.74, 6) is -0.00301. The lowest BCUT2D eigenvalue weighted by Crippen LogP contribution is -2.50. The van der Waals surface area contributed by atoms with Crippen molar-refractivity contribution in [3.8, 4) is 0 Å². The van der Waals surface area contributed by atoms with E-state index in [4.69, 9.17) is 4.74 Å². The van der Waals surface area contributed by atoms with E-state index in [-0.39, 0.29) is 41.9 Å². The fourth-order valence-corrected chi connectivity index (χ4v) is 5.18. The minimum absolute atomic E-state index is 0.00301. The van der Waals surface area contributed by atoms with Gasteiger partial charge in [-0.05, 0) is 81.5 Å². The molecular formula is C27H28F9N3O2. The second-order valence-corrected chi connectivity index (χ2v) is 10.5. The predicted octanol–water partition coefficient (Wildman–Crippen LogP) is 8.23. The van der Waals surface area contributed by atoms with Crippen LogP contribution < -0.4 is 4.90 Å². The lowest BCUT2D eigenvalue weighted by Gasteiger charge is -2.44. The van der Waals surface area contributed by atoms with Gasteiger partial charge in [0.25, 0.3) is 0 Å². The fourth-order valence-electron chi connectivity index (χ4n) is 5.18. The number of carbonyl (C=O) groups is 1. The van der Waals surface area contributed by atoms with Crippen LogP contribution in [0.5, 0.6) is 0 Å². The first-order valence-corrected chi connectivity index (χ1v) is 13.0. The number of rotatable bonds is 6. The summed E-state index contributed by atoms with van der Waals surface area (Å²) in [5.41, 5.74) is -4.61. The summed E-state index contributed by atoms with van der Waals surface area (Å²) in [4.78, 5) is 19.7. The van der Waals surface area contributed by atoms with Gasteiger partial charge in [0, 0.05) is 12.6 Å². The number of carbonyl (C=O) groups excluding carboxylic acids is 1. The van der Waals surface area contributed by atoms with Crippen LogP contribution in [0.4, 0.5) is 50.0 Å². The van der Waals surface area contributed by atoms with Gasteiger partial charge in [-0.3, -0.25) is 9.80 Å². The molecule has 1 aromatic carbocycles. The van der Waals surface area contributed by atoms with Gasteiger partial charge in [0.2, 0.25) is 0 Å². The van der Waals surface area contributed by atoms with Crippen molar-refractivity contribution < 1.29 is 49.0 Å². The molecule has 1 fully saturated rings. The summed E-state index contributed by atoms with van der Waals surface area (Å²) in [5, 5.41) is 0. The maximum absolute atomic E-state index is 13.7. The van der Waals surface area contributed by atoms with Crippen LogP contribution in [0.3, 0.4) is 0 Å². The Morgan fingerprint density at radius 1 is 0.976 bits per heavy atom. The van der Waals surface area contributed by atoms with Crippen molar-refractivity contribution in [3.05, 3.63) is 58.4 Å². The van der Waals surface area contributed by atoms with Crippen molar-refractivity contribution >= 4 is 11.8 Å². The molecule has 2 unspecified atom stereocenters. The molecular weight excluding hydrogens is 569 g/mol. The number of hydrogen-bond acceptors (Lipinski definition) is 4. The molecule has 226 valence electrons. The van der Waals surface area contributed by atoms with Gasteiger partial charge < -0.3 is 4.74 Å². The van der Waals surface area contributed by atoms with E-state index in [1.807, 2.05) is 0 Å². The number of halogens is 9. The number of benzene rings is 1. The average molecular weight is 598 g/mol. The molecule has 0 saturated heterocycles. The van der Waals surface area contributed by atoms with Gasteiger partial charge in [-0.25, -0.2) is 9.78 Å². The van der Waals surface area contributed by atoms with Gasteiger partial charge in [-0.1, -0.05) is 6.92 Å². The van der Waals surface area contributed by atoms with E-state index in [1.165, 1.54) is 9.80 Å². The van der Waals surface area contributed by atoms with E-state index in [2.05, 4.69) is 4.98 Å². The summed E-state index contributed by atoms with van der Waals surface area (Å²) in [6, 6.07) is 1.63. The molecule has 0 N–H and O–H groups in total. The third kappa shape index (κ3) is 6.90. The zero-order valence-corrected chi connectivity index (χ0v) is 22.3. The normalized spacial score (nSPS) is 20.0. The molecule has 5 nitrogen and oxygen atoms in total. The van der Waals surface area contributed by atoms with Crippen molar-refractivity contribution in [3.63, 3.8) is 0 Å². The molecule has 41 heavy (non-hydrogen) atoms. The molecule has 0 spiro atoms. The van der Waals surface area contributed by atoms with Crippen molar-refractivity contribution in [2.24, 2.45) is 5.92 Å². The Labute approximate surface area is 230 Å². The molecule has 1 aliphatic heterocycles. The second kappa shape index (κ2) is 11.0. The molecule has 1 aromatic heterocycles. The highest BCUT2D eigenvalue weighted by molar-refractivity contribution is 5.90. The number of alkyl halides is 9. The quantitative estimate of drug-likeness (QED) is 0.315. The average Bonchev–Trinajstić information content (AvgIpc) is 3.69. The first kappa shape index (κ1) is 30.9. The Bertz CT molecular complexity index is 1240. The van der Waals surface area contributed by atoms with E-state index < -0.39 is 66.2 Å². The monoisotopic (exact) mass is 597 g/mol. The fraction of sp³-hybridized carbons (Fsp3) is 0.556. The Morgan fingerprint density at radius 2 is 1.56 bits per heavy atom. The Morgan fingerprint density at radius 3 is 2.02 bits per heavy atom. The maximum atomic E-state index is 13.7. The number of amides is 1. The molecule has 2 aliphatic rings. The van der Waals surface area contributed by atoms with Crippen molar-refractivity contribution in [1.82, 2.24) is 9.88 Å².